The van der Waals surface area contributed by atoms with E-state index in [2.05, 4.69) is 0 Å². The summed E-state index contributed by atoms with van der Waals surface area (Å²) in [4.78, 5) is 40.8. The van der Waals surface area contributed by atoms with Crippen LogP contribution in [0.2, 0.25) is 0 Å². The van der Waals surface area contributed by atoms with Crippen LogP contribution in [0.15, 0.2) is 18.2 Å². The number of nitrogens with zero attached hydrogens (tertiary/aromatic N) is 2. The zero-order valence-electron chi connectivity index (χ0n) is 19.4. The van der Waals surface area contributed by atoms with E-state index < -0.39 is 0 Å². The average molecular weight is 445 g/mol. The Bertz CT molecular complexity index is 794. The highest BCUT2D eigenvalue weighted by Crippen LogP contribution is 2.28. The molecule has 0 atom stereocenters. The molecule has 0 bridgehead atoms. The van der Waals surface area contributed by atoms with Crippen molar-refractivity contribution in [1.82, 2.24) is 9.80 Å². The first-order valence-electron chi connectivity index (χ1n) is 11.9. The molecule has 1 aromatic rings. The van der Waals surface area contributed by atoms with Gasteiger partial charge in [0, 0.05) is 44.1 Å². The number of benzene rings is 1. The maximum Gasteiger partial charge on any atom is 0.225 e. The minimum atomic E-state index is -0.0302. The normalized spacial score (nSPS) is 17.6. The van der Waals surface area contributed by atoms with Crippen molar-refractivity contribution < 1.29 is 23.9 Å². The predicted octanol–water partition coefficient (Wildman–Crippen LogP) is 3.70. The van der Waals surface area contributed by atoms with Gasteiger partial charge in [0.25, 0.3) is 0 Å². The minimum Gasteiger partial charge on any atom is -0.493 e. The molecule has 3 rings (SSSR count). The Morgan fingerprint density at radius 1 is 0.938 bits per heavy atom. The van der Waals surface area contributed by atoms with Crippen LogP contribution in [0.5, 0.6) is 11.5 Å². The van der Waals surface area contributed by atoms with Gasteiger partial charge in [0.05, 0.1) is 13.7 Å². The van der Waals surface area contributed by atoms with E-state index in [1.54, 1.807) is 18.2 Å². The smallest absolute Gasteiger partial charge is 0.225 e. The summed E-state index contributed by atoms with van der Waals surface area (Å²) in [5.74, 6) is 1.52. The molecule has 176 valence electrons. The number of amides is 2. The van der Waals surface area contributed by atoms with Crippen LogP contribution < -0.4 is 9.47 Å². The molecule has 0 aromatic heterocycles. The predicted molar refractivity (Wildman–Crippen MR) is 122 cm³/mol. The standard InChI is InChI=1S/C25H36N2O5/c1-19(28)21-9-10-22(23(18-21)31-2)32-17-7-8-24(29)26-15-11-20(12-16-26)25(30)27-13-5-3-4-6-14-27/h9-10,18,20H,3-8,11-17H2,1-2H3. The van der Waals surface area contributed by atoms with Crippen LogP contribution in [0.1, 0.15) is 68.6 Å². The molecule has 2 amide bonds. The van der Waals surface area contributed by atoms with Crippen LogP contribution >= 0.6 is 0 Å². The Labute approximate surface area is 191 Å². The van der Waals surface area contributed by atoms with Crippen molar-refractivity contribution in [2.24, 2.45) is 5.92 Å². The molecule has 2 heterocycles. The van der Waals surface area contributed by atoms with Crippen molar-refractivity contribution >= 4 is 17.6 Å². The second kappa shape index (κ2) is 11.9. The monoisotopic (exact) mass is 444 g/mol. The third kappa shape index (κ3) is 6.47. The van der Waals surface area contributed by atoms with Gasteiger partial charge in [-0.05, 0) is 57.2 Å². The van der Waals surface area contributed by atoms with E-state index in [0.29, 0.717) is 49.6 Å². The van der Waals surface area contributed by atoms with Crippen LogP contribution in [0.25, 0.3) is 0 Å². The van der Waals surface area contributed by atoms with E-state index in [4.69, 9.17) is 9.47 Å². The molecule has 0 radical (unpaired) electrons. The number of likely N-dealkylation sites (tertiary alicyclic amines) is 2. The van der Waals surface area contributed by atoms with Crippen molar-refractivity contribution in [3.8, 4) is 11.5 Å². The molecular weight excluding hydrogens is 408 g/mol. The summed E-state index contributed by atoms with van der Waals surface area (Å²) >= 11 is 0. The quantitative estimate of drug-likeness (QED) is 0.451. The number of piperidine rings is 1. The molecule has 0 spiro atoms. The Morgan fingerprint density at radius 3 is 2.25 bits per heavy atom. The van der Waals surface area contributed by atoms with Gasteiger partial charge in [0.2, 0.25) is 11.8 Å². The number of Topliss-reactive ketones (excluding diaryl/α,β-unsaturated/α-hetero) is 1. The summed E-state index contributed by atoms with van der Waals surface area (Å²) in [5, 5.41) is 0. The number of methoxy groups -OCH3 is 1. The first-order chi connectivity index (χ1) is 15.5. The molecule has 2 aliphatic rings. The van der Waals surface area contributed by atoms with E-state index >= 15 is 0 Å². The Kier molecular flexibility index (Phi) is 8.94. The van der Waals surface area contributed by atoms with Crippen molar-refractivity contribution in [3.63, 3.8) is 0 Å². The van der Waals surface area contributed by atoms with Crippen LogP contribution in [0.4, 0.5) is 0 Å². The largest absolute Gasteiger partial charge is 0.493 e. The summed E-state index contributed by atoms with van der Waals surface area (Å²) in [6.07, 6.45) is 7.19. The molecule has 0 aliphatic carbocycles. The molecule has 2 fully saturated rings. The summed E-state index contributed by atoms with van der Waals surface area (Å²) in [6, 6.07) is 5.10. The molecule has 1 aromatic carbocycles. The molecule has 0 unspecified atom stereocenters. The third-order valence-corrected chi connectivity index (χ3v) is 6.48. The van der Waals surface area contributed by atoms with Crippen LogP contribution in [0.3, 0.4) is 0 Å². The molecule has 7 nitrogen and oxygen atoms in total. The van der Waals surface area contributed by atoms with Gasteiger partial charge in [0.1, 0.15) is 0 Å². The maximum absolute atomic E-state index is 12.8. The molecule has 2 saturated heterocycles. The van der Waals surface area contributed by atoms with Gasteiger partial charge in [-0.25, -0.2) is 0 Å². The number of ether oxygens (including phenoxy) is 2. The van der Waals surface area contributed by atoms with Gasteiger partial charge in [-0.3, -0.25) is 14.4 Å². The number of hydrogen-bond donors (Lipinski definition) is 0. The van der Waals surface area contributed by atoms with Crippen LogP contribution in [-0.4, -0.2) is 67.3 Å². The van der Waals surface area contributed by atoms with Gasteiger partial charge < -0.3 is 19.3 Å². The SMILES string of the molecule is COc1cc(C(C)=O)ccc1OCCCC(=O)N1CCC(C(=O)N2CCCCCC2)CC1. The summed E-state index contributed by atoms with van der Waals surface area (Å²) in [5.41, 5.74) is 0.571. The molecule has 0 N–H and O–H groups in total. The molecule has 32 heavy (non-hydrogen) atoms. The average Bonchev–Trinajstić information content (AvgIpc) is 3.11. The van der Waals surface area contributed by atoms with Crippen molar-refractivity contribution in [1.29, 1.82) is 0 Å². The lowest BCUT2D eigenvalue weighted by molar-refractivity contribution is -0.140. The van der Waals surface area contributed by atoms with Crippen molar-refractivity contribution in [2.45, 2.75) is 58.3 Å². The van der Waals surface area contributed by atoms with Crippen molar-refractivity contribution in [3.05, 3.63) is 23.8 Å². The first kappa shape index (κ1) is 24.1. The number of rotatable bonds is 8. The second-order valence-corrected chi connectivity index (χ2v) is 8.77. The third-order valence-electron chi connectivity index (χ3n) is 6.48. The van der Waals surface area contributed by atoms with Gasteiger partial charge in [-0.2, -0.15) is 0 Å². The van der Waals surface area contributed by atoms with E-state index in [9.17, 15) is 14.4 Å². The Balaban J connectivity index is 1.38. The molecular formula is C25H36N2O5. The Morgan fingerprint density at radius 2 is 1.62 bits per heavy atom. The fraction of sp³-hybridized carbons (Fsp3) is 0.640. The maximum atomic E-state index is 12.8. The fourth-order valence-corrected chi connectivity index (χ4v) is 4.49. The van der Waals surface area contributed by atoms with Crippen molar-refractivity contribution in [2.75, 3.05) is 39.9 Å². The second-order valence-electron chi connectivity index (χ2n) is 8.77. The topological polar surface area (TPSA) is 76.1 Å². The lowest BCUT2D eigenvalue weighted by Gasteiger charge is -2.34. The zero-order valence-corrected chi connectivity index (χ0v) is 19.4. The molecule has 7 heteroatoms. The highest BCUT2D eigenvalue weighted by Gasteiger charge is 2.30. The van der Waals surface area contributed by atoms with E-state index in [-0.39, 0.29) is 23.5 Å². The van der Waals surface area contributed by atoms with Gasteiger partial charge in [-0.1, -0.05) is 12.8 Å². The molecule has 0 saturated carbocycles. The highest BCUT2D eigenvalue weighted by atomic mass is 16.5. The van der Waals surface area contributed by atoms with Crippen LogP contribution in [-0.2, 0) is 9.59 Å². The lowest BCUT2D eigenvalue weighted by Crippen LogP contribution is -2.44. The molecule has 2 aliphatic heterocycles. The first-order valence-corrected chi connectivity index (χ1v) is 11.9. The van der Waals surface area contributed by atoms with E-state index in [0.717, 1.165) is 38.8 Å². The van der Waals surface area contributed by atoms with E-state index in [1.165, 1.54) is 26.9 Å². The van der Waals surface area contributed by atoms with Gasteiger partial charge >= 0.3 is 0 Å². The zero-order chi connectivity index (χ0) is 22.9. The summed E-state index contributed by atoms with van der Waals surface area (Å²) in [7, 11) is 1.54. The number of carbonyl (C=O) groups excluding carboxylic acids is 3. The fourth-order valence-electron chi connectivity index (χ4n) is 4.49. The lowest BCUT2D eigenvalue weighted by atomic mass is 9.95. The number of carbonyl (C=O) groups is 3. The Hall–Kier alpha value is -2.57. The van der Waals surface area contributed by atoms with E-state index in [1.807, 2.05) is 9.80 Å². The number of ketones is 1. The van der Waals surface area contributed by atoms with Crippen LogP contribution in [0, 0.1) is 5.92 Å². The summed E-state index contributed by atoms with van der Waals surface area (Å²) in [6.45, 7) is 5.00. The number of hydrogen-bond acceptors (Lipinski definition) is 5. The minimum absolute atomic E-state index is 0.0302. The van der Waals surface area contributed by atoms with Gasteiger partial charge in [0.15, 0.2) is 17.3 Å². The summed E-state index contributed by atoms with van der Waals surface area (Å²) < 4.78 is 11.1. The van der Waals surface area contributed by atoms with Gasteiger partial charge in [-0.15, -0.1) is 0 Å². The highest BCUT2D eigenvalue weighted by molar-refractivity contribution is 5.94.